The van der Waals surface area contributed by atoms with Crippen molar-refractivity contribution in [3.05, 3.63) is 42.1 Å². The van der Waals surface area contributed by atoms with E-state index in [2.05, 4.69) is 48.5 Å². The number of aromatic nitrogens is 2. The average Bonchev–Trinajstić information content (AvgIpc) is 2.83. The van der Waals surface area contributed by atoms with Gasteiger partial charge in [-0.05, 0) is 30.7 Å². The van der Waals surface area contributed by atoms with Crippen LogP contribution in [0.15, 0.2) is 36.5 Å². The van der Waals surface area contributed by atoms with Crippen molar-refractivity contribution in [3.63, 3.8) is 0 Å². The van der Waals surface area contributed by atoms with Crippen molar-refractivity contribution in [2.45, 2.75) is 26.3 Å². The summed E-state index contributed by atoms with van der Waals surface area (Å²) in [6.07, 6.45) is 3.07. The number of nitrogens with zero attached hydrogens (tertiary/aromatic N) is 2. The molecule has 3 nitrogen and oxygen atoms in total. The molecule has 1 atom stereocenters. The van der Waals surface area contributed by atoms with E-state index in [0.717, 1.165) is 18.7 Å². The summed E-state index contributed by atoms with van der Waals surface area (Å²) in [5, 5.41) is 7.96. The average molecular weight is 243 g/mol. The van der Waals surface area contributed by atoms with Crippen molar-refractivity contribution in [2.24, 2.45) is 7.05 Å². The molecule has 0 saturated carbocycles. The molecule has 1 N–H and O–H groups in total. The number of hydrogen-bond donors (Lipinski definition) is 1. The summed E-state index contributed by atoms with van der Waals surface area (Å²) in [5.41, 5.74) is 3.55. The fraction of sp³-hybridized carbons (Fsp3) is 0.400. The van der Waals surface area contributed by atoms with E-state index in [1.54, 1.807) is 0 Å². The minimum absolute atomic E-state index is 0.429. The highest BCUT2D eigenvalue weighted by Crippen LogP contribution is 2.23. The maximum Gasteiger partial charge on any atom is 0.0923 e. The molecule has 0 aliphatic rings. The van der Waals surface area contributed by atoms with E-state index >= 15 is 0 Å². The van der Waals surface area contributed by atoms with E-state index < -0.39 is 0 Å². The highest BCUT2D eigenvalue weighted by atomic mass is 15.2. The van der Waals surface area contributed by atoms with Gasteiger partial charge < -0.3 is 5.32 Å². The van der Waals surface area contributed by atoms with Gasteiger partial charge in [0.1, 0.15) is 0 Å². The fourth-order valence-corrected chi connectivity index (χ4v) is 2.23. The van der Waals surface area contributed by atoms with Crippen LogP contribution in [0, 0.1) is 0 Å². The Labute approximate surface area is 109 Å². The van der Waals surface area contributed by atoms with Gasteiger partial charge in [-0.15, -0.1) is 0 Å². The lowest BCUT2D eigenvalue weighted by Crippen LogP contribution is -2.19. The highest BCUT2D eigenvalue weighted by molar-refractivity contribution is 5.59. The summed E-state index contributed by atoms with van der Waals surface area (Å²) in [7, 11) is 1.95. The van der Waals surface area contributed by atoms with E-state index in [0.29, 0.717) is 6.04 Å². The molecule has 0 saturated heterocycles. The van der Waals surface area contributed by atoms with Gasteiger partial charge in [0.25, 0.3) is 0 Å². The van der Waals surface area contributed by atoms with Crippen LogP contribution in [-0.2, 0) is 7.05 Å². The molecule has 0 bridgehead atoms. The smallest absolute Gasteiger partial charge is 0.0923 e. The molecular weight excluding hydrogens is 222 g/mol. The third kappa shape index (κ3) is 2.79. The molecule has 3 heteroatoms. The quantitative estimate of drug-likeness (QED) is 0.874. The lowest BCUT2D eigenvalue weighted by atomic mass is 10.0. The first-order valence-corrected chi connectivity index (χ1v) is 6.58. The van der Waals surface area contributed by atoms with Crippen LogP contribution in [0.2, 0.25) is 0 Å². The summed E-state index contributed by atoms with van der Waals surface area (Å²) in [5.74, 6) is 0. The van der Waals surface area contributed by atoms with E-state index in [-0.39, 0.29) is 0 Å². The number of hydrogen-bond acceptors (Lipinski definition) is 2. The SMILES string of the molecule is CCNC(CC)c1cccc(-c2ccn(C)n2)c1. The predicted molar refractivity (Wildman–Crippen MR) is 75.4 cm³/mol. The van der Waals surface area contributed by atoms with Gasteiger partial charge in [0, 0.05) is 24.8 Å². The lowest BCUT2D eigenvalue weighted by molar-refractivity contribution is 0.537. The minimum Gasteiger partial charge on any atom is -0.310 e. The number of benzene rings is 1. The normalized spacial score (nSPS) is 12.6. The molecule has 0 aliphatic heterocycles. The van der Waals surface area contributed by atoms with Crippen LogP contribution in [0.1, 0.15) is 31.9 Å². The fourth-order valence-electron chi connectivity index (χ4n) is 2.23. The summed E-state index contributed by atoms with van der Waals surface area (Å²) in [6, 6.07) is 11.1. The van der Waals surface area contributed by atoms with Gasteiger partial charge in [-0.1, -0.05) is 32.0 Å². The Morgan fingerprint density at radius 1 is 1.28 bits per heavy atom. The summed E-state index contributed by atoms with van der Waals surface area (Å²) in [6.45, 7) is 5.35. The summed E-state index contributed by atoms with van der Waals surface area (Å²) >= 11 is 0. The van der Waals surface area contributed by atoms with E-state index in [1.165, 1.54) is 11.1 Å². The molecule has 0 amide bonds. The molecule has 0 aliphatic carbocycles. The molecule has 0 fully saturated rings. The summed E-state index contributed by atoms with van der Waals surface area (Å²) in [4.78, 5) is 0. The van der Waals surface area contributed by atoms with E-state index in [9.17, 15) is 0 Å². The molecule has 1 aromatic carbocycles. The van der Waals surface area contributed by atoms with Crippen LogP contribution in [0.5, 0.6) is 0 Å². The zero-order chi connectivity index (χ0) is 13.0. The molecule has 0 radical (unpaired) electrons. The van der Waals surface area contributed by atoms with Crippen LogP contribution < -0.4 is 5.32 Å². The van der Waals surface area contributed by atoms with Gasteiger partial charge in [-0.3, -0.25) is 4.68 Å². The Morgan fingerprint density at radius 2 is 2.11 bits per heavy atom. The van der Waals surface area contributed by atoms with Crippen molar-refractivity contribution < 1.29 is 0 Å². The van der Waals surface area contributed by atoms with Gasteiger partial charge in [0.15, 0.2) is 0 Å². The molecule has 18 heavy (non-hydrogen) atoms. The molecular formula is C15H21N3. The van der Waals surface area contributed by atoms with Crippen LogP contribution >= 0.6 is 0 Å². The summed E-state index contributed by atoms with van der Waals surface area (Å²) < 4.78 is 1.84. The Balaban J connectivity index is 2.29. The van der Waals surface area contributed by atoms with Gasteiger partial charge in [0.2, 0.25) is 0 Å². The molecule has 2 aromatic rings. The first-order valence-electron chi connectivity index (χ1n) is 6.58. The first kappa shape index (κ1) is 12.8. The molecule has 1 heterocycles. The highest BCUT2D eigenvalue weighted by Gasteiger charge is 2.09. The topological polar surface area (TPSA) is 29.9 Å². The molecule has 96 valence electrons. The van der Waals surface area contributed by atoms with Crippen LogP contribution in [0.3, 0.4) is 0 Å². The second-order valence-electron chi connectivity index (χ2n) is 4.52. The largest absolute Gasteiger partial charge is 0.310 e. The van der Waals surface area contributed by atoms with Gasteiger partial charge >= 0.3 is 0 Å². The van der Waals surface area contributed by atoms with E-state index in [1.807, 2.05) is 24.0 Å². The predicted octanol–water partition coefficient (Wildman–Crippen LogP) is 3.15. The second-order valence-corrected chi connectivity index (χ2v) is 4.52. The van der Waals surface area contributed by atoms with Gasteiger partial charge in [-0.2, -0.15) is 5.10 Å². The van der Waals surface area contributed by atoms with E-state index in [4.69, 9.17) is 0 Å². The maximum atomic E-state index is 4.45. The van der Waals surface area contributed by atoms with Gasteiger partial charge in [-0.25, -0.2) is 0 Å². The Kier molecular flexibility index (Phi) is 4.15. The van der Waals surface area contributed by atoms with Crippen LogP contribution in [0.4, 0.5) is 0 Å². The van der Waals surface area contributed by atoms with Crippen LogP contribution in [0.25, 0.3) is 11.3 Å². The monoisotopic (exact) mass is 243 g/mol. The van der Waals surface area contributed by atoms with Crippen LogP contribution in [-0.4, -0.2) is 16.3 Å². The molecule has 1 unspecified atom stereocenters. The third-order valence-electron chi connectivity index (χ3n) is 3.16. The van der Waals surface area contributed by atoms with Crippen molar-refractivity contribution in [1.82, 2.24) is 15.1 Å². The van der Waals surface area contributed by atoms with Crippen molar-refractivity contribution >= 4 is 0 Å². The standard InChI is InChI=1S/C15H21N3/c1-4-14(16-5-2)12-7-6-8-13(11-12)15-9-10-18(3)17-15/h6-11,14,16H,4-5H2,1-3H3. The Bertz CT molecular complexity index is 502. The first-order chi connectivity index (χ1) is 8.74. The lowest BCUT2D eigenvalue weighted by Gasteiger charge is -2.16. The number of nitrogens with one attached hydrogen (secondary N) is 1. The third-order valence-corrected chi connectivity index (χ3v) is 3.16. The van der Waals surface area contributed by atoms with Crippen molar-refractivity contribution in [3.8, 4) is 11.3 Å². The van der Waals surface area contributed by atoms with Gasteiger partial charge in [0.05, 0.1) is 5.69 Å². The Morgan fingerprint density at radius 3 is 2.72 bits per heavy atom. The zero-order valence-electron chi connectivity index (χ0n) is 11.4. The van der Waals surface area contributed by atoms with Crippen molar-refractivity contribution in [2.75, 3.05) is 6.54 Å². The van der Waals surface area contributed by atoms with Crippen molar-refractivity contribution in [1.29, 1.82) is 0 Å². The number of rotatable bonds is 5. The Hall–Kier alpha value is -1.61. The second kappa shape index (κ2) is 5.83. The molecule has 2 rings (SSSR count). The molecule has 1 aromatic heterocycles. The zero-order valence-corrected chi connectivity index (χ0v) is 11.4. The number of aryl methyl sites for hydroxylation is 1. The maximum absolute atomic E-state index is 4.45. The molecule has 0 spiro atoms. The minimum atomic E-state index is 0.429.